The van der Waals surface area contributed by atoms with E-state index in [4.69, 9.17) is 0 Å². The normalized spacial score (nSPS) is 22.6. The van der Waals surface area contributed by atoms with Crippen LogP contribution in [0.5, 0.6) is 0 Å². The third kappa shape index (κ3) is 3.35. The number of piperazine rings is 1. The van der Waals surface area contributed by atoms with Gasteiger partial charge in [0.2, 0.25) is 0 Å². The number of fused-ring (bicyclic) bond motifs is 3. The molecule has 2 bridgehead atoms. The SMILES string of the molecule is CNC(=O)c1ccc(N2CC3CC(C2)N3Cc2cnc3cc(C4CC4)c(=O)[nH]c3c2)cn1. The summed E-state index contributed by atoms with van der Waals surface area (Å²) < 4.78 is 0. The summed E-state index contributed by atoms with van der Waals surface area (Å²) >= 11 is 0. The molecule has 2 unspecified atom stereocenters. The Hall–Kier alpha value is -3.26. The molecule has 1 amide bonds. The van der Waals surface area contributed by atoms with E-state index in [-0.39, 0.29) is 11.5 Å². The van der Waals surface area contributed by atoms with Crippen LogP contribution < -0.4 is 15.8 Å². The number of nitrogens with zero attached hydrogens (tertiary/aromatic N) is 4. The summed E-state index contributed by atoms with van der Waals surface area (Å²) in [6, 6.07) is 8.77. The minimum atomic E-state index is -0.168. The molecule has 0 aromatic carbocycles. The van der Waals surface area contributed by atoms with E-state index in [2.05, 4.69) is 36.1 Å². The van der Waals surface area contributed by atoms with Gasteiger partial charge < -0.3 is 15.2 Å². The molecule has 3 aliphatic heterocycles. The van der Waals surface area contributed by atoms with Gasteiger partial charge in [0, 0.05) is 50.5 Å². The number of carbonyl (C=O) groups excluding carboxylic acids is 1. The van der Waals surface area contributed by atoms with Crippen LogP contribution in [0.2, 0.25) is 0 Å². The van der Waals surface area contributed by atoms with Gasteiger partial charge in [-0.1, -0.05) is 0 Å². The lowest BCUT2D eigenvalue weighted by molar-refractivity contribution is -0.00849. The van der Waals surface area contributed by atoms with Crippen molar-refractivity contribution in [3.8, 4) is 0 Å². The number of hydrogen-bond donors (Lipinski definition) is 2. The zero-order valence-corrected chi connectivity index (χ0v) is 18.0. The van der Waals surface area contributed by atoms with E-state index in [0.717, 1.165) is 60.3 Å². The van der Waals surface area contributed by atoms with E-state index in [9.17, 15) is 9.59 Å². The maximum absolute atomic E-state index is 12.4. The molecule has 0 spiro atoms. The predicted octanol–water partition coefficient (Wildman–Crippen LogP) is 2.02. The van der Waals surface area contributed by atoms with Gasteiger partial charge in [-0.25, -0.2) is 4.98 Å². The lowest BCUT2D eigenvalue weighted by Gasteiger charge is -2.57. The van der Waals surface area contributed by atoms with Crippen LogP contribution >= 0.6 is 0 Å². The summed E-state index contributed by atoms with van der Waals surface area (Å²) in [4.78, 5) is 41.0. The van der Waals surface area contributed by atoms with Gasteiger partial charge >= 0.3 is 0 Å². The highest BCUT2D eigenvalue weighted by molar-refractivity contribution is 5.92. The molecule has 3 aromatic rings. The third-order valence-electron chi connectivity index (χ3n) is 7.08. The van der Waals surface area contributed by atoms with Gasteiger partial charge in [-0.3, -0.25) is 19.5 Å². The fourth-order valence-corrected chi connectivity index (χ4v) is 5.13. The molecular weight excluding hydrogens is 404 g/mol. The highest BCUT2D eigenvalue weighted by atomic mass is 16.1. The first kappa shape index (κ1) is 19.4. The lowest BCUT2D eigenvalue weighted by Crippen LogP contribution is -2.68. The average Bonchev–Trinajstić information content (AvgIpc) is 3.67. The quantitative estimate of drug-likeness (QED) is 0.643. The molecule has 4 fully saturated rings. The number of aromatic amines is 1. The summed E-state index contributed by atoms with van der Waals surface area (Å²) in [5, 5.41) is 2.60. The van der Waals surface area contributed by atoms with Crippen molar-refractivity contribution in [3.05, 3.63) is 63.8 Å². The summed E-state index contributed by atoms with van der Waals surface area (Å²) in [5.74, 6) is 0.251. The van der Waals surface area contributed by atoms with Crippen LogP contribution in [0.15, 0.2) is 41.5 Å². The maximum Gasteiger partial charge on any atom is 0.269 e. The molecule has 4 aliphatic rings. The maximum atomic E-state index is 12.4. The van der Waals surface area contributed by atoms with Crippen molar-refractivity contribution in [1.29, 1.82) is 0 Å². The Morgan fingerprint density at radius 1 is 1.16 bits per heavy atom. The minimum absolute atomic E-state index is 0.0338. The molecule has 32 heavy (non-hydrogen) atoms. The molecule has 8 nitrogen and oxygen atoms in total. The highest BCUT2D eigenvalue weighted by Crippen LogP contribution is 2.39. The number of pyridine rings is 3. The summed E-state index contributed by atoms with van der Waals surface area (Å²) in [6.45, 7) is 2.73. The third-order valence-corrected chi connectivity index (χ3v) is 7.08. The number of carbonyl (C=O) groups is 1. The molecule has 3 saturated heterocycles. The van der Waals surface area contributed by atoms with Crippen molar-refractivity contribution in [3.63, 3.8) is 0 Å². The van der Waals surface area contributed by atoms with Gasteiger partial charge in [0.1, 0.15) is 5.69 Å². The van der Waals surface area contributed by atoms with E-state index in [1.54, 1.807) is 19.3 Å². The number of hydrogen-bond acceptors (Lipinski definition) is 6. The Labute approximate surface area is 185 Å². The average molecular weight is 431 g/mol. The largest absolute Gasteiger partial charge is 0.367 e. The molecule has 1 aliphatic carbocycles. The fourth-order valence-electron chi connectivity index (χ4n) is 5.13. The van der Waals surface area contributed by atoms with Crippen LogP contribution in [0, 0.1) is 0 Å². The first-order chi connectivity index (χ1) is 15.6. The number of rotatable bonds is 5. The standard InChI is InChI=1S/C24H26N6O2/c1-25-24(32)20-5-4-16(10-27-20)29-12-17-7-18(13-29)30(17)11-14-6-22-21(26-9-14)8-19(15-2-3-15)23(31)28-22/h4-6,8-10,15,17-18H,2-3,7,11-13H2,1H3,(H,25,32)(H,28,31). The molecule has 8 heteroatoms. The van der Waals surface area contributed by atoms with Crippen LogP contribution in [0.25, 0.3) is 11.0 Å². The first-order valence-electron chi connectivity index (χ1n) is 11.3. The van der Waals surface area contributed by atoms with Crippen molar-refractivity contribution in [1.82, 2.24) is 25.2 Å². The van der Waals surface area contributed by atoms with Gasteiger partial charge in [0.25, 0.3) is 11.5 Å². The van der Waals surface area contributed by atoms with E-state index in [1.807, 2.05) is 18.3 Å². The zero-order chi connectivity index (χ0) is 21.8. The smallest absolute Gasteiger partial charge is 0.269 e. The Morgan fingerprint density at radius 3 is 2.66 bits per heavy atom. The Kier molecular flexibility index (Phi) is 4.50. The Morgan fingerprint density at radius 2 is 1.97 bits per heavy atom. The summed E-state index contributed by atoms with van der Waals surface area (Å²) in [5.41, 5.74) is 5.24. The van der Waals surface area contributed by atoms with E-state index in [0.29, 0.717) is 23.7 Å². The number of piperidine rings is 1. The number of aromatic nitrogens is 3. The second-order valence-corrected chi connectivity index (χ2v) is 9.21. The molecule has 0 radical (unpaired) electrons. The second kappa shape index (κ2) is 7.41. The van der Waals surface area contributed by atoms with Crippen molar-refractivity contribution < 1.29 is 4.79 Å². The molecule has 2 atom stereocenters. The van der Waals surface area contributed by atoms with Gasteiger partial charge in [-0.05, 0) is 55.0 Å². The van der Waals surface area contributed by atoms with E-state index in [1.165, 1.54) is 6.42 Å². The number of nitrogens with one attached hydrogen (secondary N) is 2. The van der Waals surface area contributed by atoms with Crippen LogP contribution in [0.4, 0.5) is 5.69 Å². The Bertz CT molecular complexity index is 1240. The predicted molar refractivity (Wildman–Crippen MR) is 122 cm³/mol. The minimum Gasteiger partial charge on any atom is -0.367 e. The van der Waals surface area contributed by atoms with E-state index >= 15 is 0 Å². The molecule has 6 heterocycles. The zero-order valence-electron chi connectivity index (χ0n) is 18.0. The van der Waals surface area contributed by atoms with Crippen LogP contribution in [0.3, 0.4) is 0 Å². The number of amides is 1. The second-order valence-electron chi connectivity index (χ2n) is 9.21. The number of anilines is 1. The van der Waals surface area contributed by atoms with Crippen LogP contribution in [-0.2, 0) is 6.54 Å². The number of H-pyrrole nitrogens is 1. The van der Waals surface area contributed by atoms with Crippen molar-refractivity contribution in [2.24, 2.45) is 0 Å². The molecule has 3 aromatic heterocycles. The topological polar surface area (TPSA) is 94.2 Å². The monoisotopic (exact) mass is 430 g/mol. The molecule has 7 rings (SSSR count). The van der Waals surface area contributed by atoms with Crippen LogP contribution in [-0.4, -0.2) is 58.0 Å². The molecule has 1 saturated carbocycles. The fraction of sp³-hybridized carbons (Fsp3) is 0.417. The lowest BCUT2D eigenvalue weighted by atomic mass is 9.86. The van der Waals surface area contributed by atoms with Crippen molar-refractivity contribution >= 4 is 22.6 Å². The summed E-state index contributed by atoms with van der Waals surface area (Å²) in [7, 11) is 1.61. The van der Waals surface area contributed by atoms with Gasteiger partial charge in [0.05, 0.1) is 22.9 Å². The van der Waals surface area contributed by atoms with Gasteiger partial charge in [-0.15, -0.1) is 0 Å². The summed E-state index contributed by atoms with van der Waals surface area (Å²) in [6.07, 6.45) is 7.15. The Balaban J connectivity index is 1.14. The van der Waals surface area contributed by atoms with Crippen LogP contribution in [0.1, 0.15) is 46.8 Å². The highest BCUT2D eigenvalue weighted by Gasteiger charge is 2.44. The molecule has 164 valence electrons. The van der Waals surface area contributed by atoms with Crippen molar-refractivity contribution in [2.45, 2.75) is 43.8 Å². The van der Waals surface area contributed by atoms with Gasteiger partial charge in [-0.2, -0.15) is 0 Å². The first-order valence-corrected chi connectivity index (χ1v) is 11.3. The van der Waals surface area contributed by atoms with Gasteiger partial charge in [0.15, 0.2) is 0 Å². The van der Waals surface area contributed by atoms with E-state index < -0.39 is 0 Å². The molecular formula is C24H26N6O2. The molecule has 2 N–H and O–H groups in total. The van der Waals surface area contributed by atoms with Crippen molar-refractivity contribution in [2.75, 3.05) is 25.0 Å².